The smallest absolute Gasteiger partial charge is 0.319 e. The van der Waals surface area contributed by atoms with Crippen LogP contribution < -0.4 is 10.6 Å². The molecule has 25 heavy (non-hydrogen) atoms. The highest BCUT2D eigenvalue weighted by molar-refractivity contribution is 5.91. The van der Waals surface area contributed by atoms with Crippen molar-refractivity contribution in [2.24, 2.45) is 13.0 Å². The summed E-state index contributed by atoms with van der Waals surface area (Å²) in [6.07, 6.45) is 6.88. The number of rotatable bonds is 5. The van der Waals surface area contributed by atoms with E-state index in [1.807, 2.05) is 20.0 Å². The average Bonchev–Trinajstić information content (AvgIpc) is 2.87. The van der Waals surface area contributed by atoms with Gasteiger partial charge in [-0.25, -0.2) is 9.78 Å². The molecule has 1 aliphatic rings. The maximum absolute atomic E-state index is 12.0. The zero-order valence-corrected chi connectivity index (χ0v) is 15.2. The number of urea groups is 1. The number of hydrogen-bond acceptors (Lipinski definition) is 4. The fourth-order valence-electron chi connectivity index (χ4n) is 3.46. The Morgan fingerprint density at radius 1 is 1.40 bits per heavy atom. The van der Waals surface area contributed by atoms with Crippen molar-refractivity contribution in [3.8, 4) is 0 Å². The van der Waals surface area contributed by atoms with Gasteiger partial charge in [0.15, 0.2) is 5.65 Å². The molecule has 1 saturated carbocycles. The number of carbonyl (C=O) groups excluding carboxylic acids is 1. The molecule has 7 nitrogen and oxygen atoms in total. The lowest BCUT2D eigenvalue weighted by atomic mass is 9.88. The third-order valence-corrected chi connectivity index (χ3v) is 4.87. The Kier molecular flexibility index (Phi) is 5.53. The van der Waals surface area contributed by atoms with E-state index >= 15 is 0 Å². The van der Waals surface area contributed by atoms with Crippen molar-refractivity contribution in [2.75, 3.05) is 18.5 Å². The Morgan fingerprint density at radius 3 is 3.00 bits per heavy atom. The minimum atomic E-state index is -0.247. The van der Waals surface area contributed by atoms with E-state index in [9.17, 15) is 4.79 Å². The number of aromatic nitrogens is 3. The Balaban J connectivity index is 1.45. The molecule has 2 amide bonds. The van der Waals surface area contributed by atoms with Crippen LogP contribution in [0, 0.1) is 12.8 Å². The van der Waals surface area contributed by atoms with Crippen molar-refractivity contribution in [1.82, 2.24) is 20.1 Å². The van der Waals surface area contributed by atoms with Crippen LogP contribution in [0.2, 0.25) is 0 Å². The highest BCUT2D eigenvalue weighted by atomic mass is 16.5. The Bertz CT molecular complexity index is 742. The van der Waals surface area contributed by atoms with Crippen LogP contribution in [-0.2, 0) is 11.8 Å². The van der Waals surface area contributed by atoms with Crippen LogP contribution in [0.25, 0.3) is 11.0 Å². The second-order valence-corrected chi connectivity index (χ2v) is 6.86. The van der Waals surface area contributed by atoms with Gasteiger partial charge in [-0.1, -0.05) is 19.8 Å². The highest BCUT2D eigenvalue weighted by Crippen LogP contribution is 2.26. The SMILES string of the molecule is Cc1nn(C)c2ncc(NC(=O)NCCO[C@H]3CCCC[C@H]3C)cc12. The summed E-state index contributed by atoms with van der Waals surface area (Å²) in [5.41, 5.74) is 2.35. The van der Waals surface area contributed by atoms with Crippen molar-refractivity contribution in [2.45, 2.75) is 45.6 Å². The number of anilines is 1. The summed E-state index contributed by atoms with van der Waals surface area (Å²) < 4.78 is 7.64. The summed E-state index contributed by atoms with van der Waals surface area (Å²) in [6, 6.07) is 1.65. The molecule has 7 heteroatoms. The summed E-state index contributed by atoms with van der Waals surface area (Å²) >= 11 is 0. The molecule has 0 spiro atoms. The van der Waals surface area contributed by atoms with Gasteiger partial charge >= 0.3 is 6.03 Å². The first kappa shape index (κ1) is 17.7. The zero-order valence-electron chi connectivity index (χ0n) is 15.2. The Hall–Kier alpha value is -2.15. The van der Waals surface area contributed by atoms with Gasteiger partial charge in [0.25, 0.3) is 0 Å². The molecule has 2 aromatic rings. The standard InChI is InChI=1S/C18H27N5O2/c1-12-6-4-5-7-16(12)25-9-8-19-18(24)21-14-10-15-13(2)22-23(3)17(15)20-11-14/h10-12,16H,4-9H2,1-3H3,(H2,19,21,24)/t12-,16+/m1/s1. The van der Waals surface area contributed by atoms with E-state index < -0.39 is 0 Å². The molecule has 0 aromatic carbocycles. The monoisotopic (exact) mass is 345 g/mol. The fourth-order valence-corrected chi connectivity index (χ4v) is 3.46. The third-order valence-electron chi connectivity index (χ3n) is 4.87. The van der Waals surface area contributed by atoms with E-state index in [4.69, 9.17) is 4.74 Å². The van der Waals surface area contributed by atoms with Gasteiger partial charge in [0.1, 0.15) is 0 Å². The number of carbonyl (C=O) groups is 1. The molecule has 2 heterocycles. The zero-order chi connectivity index (χ0) is 17.8. The summed E-state index contributed by atoms with van der Waals surface area (Å²) in [5, 5.41) is 10.9. The predicted molar refractivity (Wildman–Crippen MR) is 97.6 cm³/mol. The third kappa shape index (κ3) is 4.28. The van der Waals surface area contributed by atoms with Crippen LogP contribution in [0.3, 0.4) is 0 Å². The number of nitrogens with zero attached hydrogens (tertiary/aromatic N) is 3. The predicted octanol–water partition coefficient (Wildman–Crippen LogP) is 2.99. The number of ether oxygens (including phenoxy) is 1. The molecule has 3 rings (SSSR count). The number of fused-ring (bicyclic) bond motifs is 1. The van der Waals surface area contributed by atoms with Crippen molar-refractivity contribution in [3.05, 3.63) is 18.0 Å². The van der Waals surface area contributed by atoms with Gasteiger partial charge < -0.3 is 15.4 Å². The molecule has 0 radical (unpaired) electrons. The first-order valence-corrected chi connectivity index (χ1v) is 9.00. The first-order valence-electron chi connectivity index (χ1n) is 9.00. The minimum absolute atomic E-state index is 0.247. The number of pyridine rings is 1. The van der Waals surface area contributed by atoms with Crippen LogP contribution in [0.1, 0.15) is 38.3 Å². The minimum Gasteiger partial charge on any atom is -0.376 e. The first-order chi connectivity index (χ1) is 12.0. The topological polar surface area (TPSA) is 81.1 Å². The summed E-state index contributed by atoms with van der Waals surface area (Å²) in [4.78, 5) is 16.4. The van der Waals surface area contributed by atoms with Gasteiger partial charge in [0.2, 0.25) is 0 Å². The Labute approximate surface area is 148 Å². The molecule has 1 aliphatic carbocycles. The Morgan fingerprint density at radius 2 is 2.20 bits per heavy atom. The average molecular weight is 345 g/mol. The molecule has 2 N–H and O–H groups in total. The van der Waals surface area contributed by atoms with Crippen molar-refractivity contribution in [3.63, 3.8) is 0 Å². The quantitative estimate of drug-likeness (QED) is 0.816. The summed E-state index contributed by atoms with van der Waals surface area (Å²) in [5.74, 6) is 0.614. The molecule has 0 saturated heterocycles. The second kappa shape index (κ2) is 7.82. The highest BCUT2D eigenvalue weighted by Gasteiger charge is 2.21. The molecular weight excluding hydrogens is 318 g/mol. The summed E-state index contributed by atoms with van der Waals surface area (Å²) in [6.45, 7) is 5.21. The van der Waals surface area contributed by atoms with Crippen LogP contribution >= 0.6 is 0 Å². The largest absolute Gasteiger partial charge is 0.376 e. The van der Waals surface area contributed by atoms with E-state index in [0.717, 1.165) is 23.1 Å². The number of nitrogens with one attached hydrogen (secondary N) is 2. The van der Waals surface area contributed by atoms with Crippen LogP contribution in [-0.4, -0.2) is 40.1 Å². The lowest BCUT2D eigenvalue weighted by Crippen LogP contribution is -2.34. The lowest BCUT2D eigenvalue weighted by Gasteiger charge is -2.28. The van der Waals surface area contributed by atoms with Crippen molar-refractivity contribution < 1.29 is 9.53 Å². The molecule has 0 unspecified atom stereocenters. The molecule has 0 bridgehead atoms. The molecule has 136 valence electrons. The van der Waals surface area contributed by atoms with E-state index in [1.165, 1.54) is 19.3 Å². The normalized spacial score (nSPS) is 20.6. The molecular formula is C18H27N5O2. The lowest BCUT2D eigenvalue weighted by molar-refractivity contribution is -0.00232. The van der Waals surface area contributed by atoms with Gasteiger partial charge in [-0.15, -0.1) is 0 Å². The number of hydrogen-bond donors (Lipinski definition) is 2. The van der Waals surface area contributed by atoms with Gasteiger partial charge in [-0.3, -0.25) is 4.68 Å². The van der Waals surface area contributed by atoms with Crippen molar-refractivity contribution >= 4 is 22.8 Å². The fraction of sp³-hybridized carbons (Fsp3) is 0.611. The van der Waals surface area contributed by atoms with Gasteiger partial charge in [0.05, 0.1) is 30.3 Å². The molecule has 0 aliphatic heterocycles. The molecule has 2 atom stereocenters. The number of aryl methyl sites for hydroxylation is 2. The number of amides is 2. The van der Waals surface area contributed by atoms with Crippen LogP contribution in [0.15, 0.2) is 12.3 Å². The summed E-state index contributed by atoms with van der Waals surface area (Å²) in [7, 11) is 1.86. The van der Waals surface area contributed by atoms with Gasteiger partial charge in [-0.2, -0.15) is 5.10 Å². The maximum Gasteiger partial charge on any atom is 0.319 e. The van der Waals surface area contributed by atoms with Crippen molar-refractivity contribution in [1.29, 1.82) is 0 Å². The van der Waals surface area contributed by atoms with E-state index in [0.29, 0.717) is 30.9 Å². The van der Waals surface area contributed by atoms with E-state index in [-0.39, 0.29) is 6.03 Å². The van der Waals surface area contributed by atoms with E-state index in [1.54, 1.807) is 10.9 Å². The maximum atomic E-state index is 12.0. The van der Waals surface area contributed by atoms with Crippen LogP contribution in [0.5, 0.6) is 0 Å². The molecule has 1 fully saturated rings. The molecule has 2 aromatic heterocycles. The van der Waals surface area contributed by atoms with Crippen LogP contribution in [0.4, 0.5) is 10.5 Å². The van der Waals surface area contributed by atoms with E-state index in [2.05, 4.69) is 27.6 Å². The second-order valence-electron chi connectivity index (χ2n) is 6.86. The van der Waals surface area contributed by atoms with Gasteiger partial charge in [0, 0.05) is 19.0 Å². The van der Waals surface area contributed by atoms with Gasteiger partial charge in [-0.05, 0) is 31.7 Å².